The number of esters is 1. The summed E-state index contributed by atoms with van der Waals surface area (Å²) in [5.41, 5.74) is -0.478. The molecule has 4 heteroatoms. The summed E-state index contributed by atoms with van der Waals surface area (Å²) in [5, 5.41) is 3.40. The van der Waals surface area contributed by atoms with E-state index < -0.39 is 5.54 Å². The molecule has 100 valence electrons. The van der Waals surface area contributed by atoms with Gasteiger partial charge >= 0.3 is 5.97 Å². The van der Waals surface area contributed by atoms with E-state index in [2.05, 4.69) is 37.9 Å². The molecule has 0 aromatic rings. The summed E-state index contributed by atoms with van der Waals surface area (Å²) < 4.78 is 4.97. The van der Waals surface area contributed by atoms with E-state index in [0.717, 1.165) is 25.9 Å². The van der Waals surface area contributed by atoms with Crippen LogP contribution in [0.25, 0.3) is 0 Å². The molecule has 0 aromatic heterocycles. The second-order valence-electron chi connectivity index (χ2n) is 5.50. The predicted molar refractivity (Wildman–Crippen MR) is 69.0 cm³/mol. The van der Waals surface area contributed by atoms with Crippen molar-refractivity contribution >= 4 is 5.97 Å². The fourth-order valence-electron chi connectivity index (χ4n) is 2.58. The fraction of sp³-hybridized carbons (Fsp3) is 0.923. The Bertz CT molecular complexity index is 256. The summed E-state index contributed by atoms with van der Waals surface area (Å²) in [6.45, 7) is 10.4. The lowest BCUT2D eigenvalue weighted by molar-refractivity contribution is -0.151. The topological polar surface area (TPSA) is 41.6 Å². The van der Waals surface area contributed by atoms with Crippen LogP contribution in [0, 0.1) is 0 Å². The van der Waals surface area contributed by atoms with Crippen LogP contribution >= 0.6 is 0 Å². The highest BCUT2D eigenvalue weighted by atomic mass is 16.5. The molecular weight excluding hydrogens is 216 g/mol. The molecule has 1 fully saturated rings. The largest absolute Gasteiger partial charge is 0.468 e. The van der Waals surface area contributed by atoms with Gasteiger partial charge in [-0.1, -0.05) is 0 Å². The van der Waals surface area contributed by atoms with E-state index in [0.29, 0.717) is 12.1 Å². The maximum atomic E-state index is 12.0. The standard InChI is InChI=1S/C13H26N2O2/c1-10(2)14-13(12(16)17-5)6-8-15(9-7-13)11(3)4/h10-11,14H,6-9H2,1-5H3. The molecule has 0 radical (unpaired) electrons. The van der Waals surface area contributed by atoms with Gasteiger partial charge in [-0.05, 0) is 40.5 Å². The Labute approximate surface area is 105 Å². The molecule has 0 spiro atoms. The summed E-state index contributed by atoms with van der Waals surface area (Å²) in [7, 11) is 1.47. The van der Waals surface area contributed by atoms with Crippen LogP contribution in [0.2, 0.25) is 0 Å². The minimum atomic E-state index is -0.478. The molecule has 0 amide bonds. The van der Waals surface area contributed by atoms with E-state index >= 15 is 0 Å². The zero-order valence-electron chi connectivity index (χ0n) is 11.7. The van der Waals surface area contributed by atoms with Crippen molar-refractivity contribution in [3.63, 3.8) is 0 Å². The van der Waals surface area contributed by atoms with Crippen molar-refractivity contribution in [1.29, 1.82) is 0 Å². The van der Waals surface area contributed by atoms with Gasteiger partial charge in [-0.25, -0.2) is 0 Å². The average molecular weight is 242 g/mol. The molecule has 1 N–H and O–H groups in total. The van der Waals surface area contributed by atoms with Gasteiger partial charge in [-0.2, -0.15) is 0 Å². The van der Waals surface area contributed by atoms with E-state index in [1.54, 1.807) is 0 Å². The first kappa shape index (κ1) is 14.5. The molecule has 0 saturated carbocycles. The number of nitrogens with one attached hydrogen (secondary N) is 1. The minimum absolute atomic E-state index is 0.116. The Morgan fingerprint density at radius 2 is 1.76 bits per heavy atom. The average Bonchev–Trinajstić information content (AvgIpc) is 2.27. The first-order valence-corrected chi connectivity index (χ1v) is 6.51. The van der Waals surface area contributed by atoms with E-state index in [1.165, 1.54) is 7.11 Å². The quantitative estimate of drug-likeness (QED) is 0.757. The molecule has 0 bridgehead atoms. The number of piperidine rings is 1. The number of methoxy groups -OCH3 is 1. The highest BCUT2D eigenvalue weighted by molar-refractivity contribution is 5.81. The van der Waals surface area contributed by atoms with Gasteiger partial charge in [0.05, 0.1) is 7.11 Å². The fourth-order valence-corrected chi connectivity index (χ4v) is 2.58. The van der Waals surface area contributed by atoms with Gasteiger partial charge in [0.25, 0.3) is 0 Å². The van der Waals surface area contributed by atoms with Crippen molar-refractivity contribution in [2.24, 2.45) is 0 Å². The van der Waals surface area contributed by atoms with Crippen LogP contribution in [-0.2, 0) is 9.53 Å². The summed E-state index contributed by atoms with van der Waals surface area (Å²) in [5.74, 6) is -0.116. The number of likely N-dealkylation sites (tertiary alicyclic amines) is 1. The highest BCUT2D eigenvalue weighted by Crippen LogP contribution is 2.25. The smallest absolute Gasteiger partial charge is 0.326 e. The van der Waals surface area contributed by atoms with Crippen molar-refractivity contribution in [1.82, 2.24) is 10.2 Å². The Hall–Kier alpha value is -0.610. The number of rotatable bonds is 4. The number of ether oxygens (including phenoxy) is 1. The van der Waals surface area contributed by atoms with Gasteiger partial charge in [0.2, 0.25) is 0 Å². The molecule has 1 heterocycles. The van der Waals surface area contributed by atoms with Crippen molar-refractivity contribution in [2.45, 2.75) is 58.2 Å². The van der Waals surface area contributed by atoms with Crippen molar-refractivity contribution in [3.8, 4) is 0 Å². The number of nitrogens with zero attached hydrogens (tertiary/aromatic N) is 1. The lowest BCUT2D eigenvalue weighted by Gasteiger charge is -2.42. The van der Waals surface area contributed by atoms with Crippen molar-refractivity contribution in [3.05, 3.63) is 0 Å². The number of hydrogen-bond donors (Lipinski definition) is 1. The van der Waals surface area contributed by atoms with Crippen LogP contribution in [0.1, 0.15) is 40.5 Å². The second-order valence-corrected chi connectivity index (χ2v) is 5.50. The molecule has 0 atom stereocenters. The number of carbonyl (C=O) groups is 1. The van der Waals surface area contributed by atoms with Gasteiger partial charge < -0.3 is 9.64 Å². The first-order chi connectivity index (χ1) is 7.91. The maximum absolute atomic E-state index is 12.0. The minimum Gasteiger partial charge on any atom is -0.468 e. The molecule has 1 aliphatic heterocycles. The normalized spacial score (nSPS) is 20.9. The molecule has 0 unspecified atom stereocenters. The zero-order valence-corrected chi connectivity index (χ0v) is 11.7. The summed E-state index contributed by atoms with van der Waals surface area (Å²) >= 11 is 0. The molecule has 0 aliphatic carbocycles. The zero-order chi connectivity index (χ0) is 13.1. The SMILES string of the molecule is COC(=O)C1(NC(C)C)CCN(C(C)C)CC1. The number of hydrogen-bond acceptors (Lipinski definition) is 4. The molecule has 1 aliphatic rings. The van der Waals surface area contributed by atoms with Crippen LogP contribution in [0.5, 0.6) is 0 Å². The molecule has 4 nitrogen and oxygen atoms in total. The van der Waals surface area contributed by atoms with Gasteiger partial charge in [0, 0.05) is 25.2 Å². The van der Waals surface area contributed by atoms with Crippen LogP contribution in [-0.4, -0.2) is 48.7 Å². The second kappa shape index (κ2) is 5.83. The first-order valence-electron chi connectivity index (χ1n) is 6.51. The Balaban J connectivity index is 2.72. The number of carbonyl (C=O) groups excluding carboxylic acids is 1. The van der Waals surface area contributed by atoms with E-state index in [9.17, 15) is 4.79 Å². The molecule has 17 heavy (non-hydrogen) atoms. The van der Waals surface area contributed by atoms with Gasteiger partial charge in [0.1, 0.15) is 5.54 Å². The molecule has 1 rings (SSSR count). The third-order valence-corrected chi connectivity index (χ3v) is 3.52. The third-order valence-electron chi connectivity index (χ3n) is 3.52. The predicted octanol–water partition coefficient (Wildman–Crippen LogP) is 1.40. The van der Waals surface area contributed by atoms with Crippen LogP contribution in [0.15, 0.2) is 0 Å². The lowest BCUT2D eigenvalue weighted by Crippen LogP contribution is -2.61. The van der Waals surface area contributed by atoms with E-state index in [1.807, 2.05) is 0 Å². The molecule has 0 aromatic carbocycles. The van der Waals surface area contributed by atoms with Crippen LogP contribution in [0.4, 0.5) is 0 Å². The van der Waals surface area contributed by atoms with Crippen molar-refractivity contribution in [2.75, 3.05) is 20.2 Å². The van der Waals surface area contributed by atoms with Gasteiger partial charge in [0.15, 0.2) is 0 Å². The van der Waals surface area contributed by atoms with E-state index in [-0.39, 0.29) is 5.97 Å². The van der Waals surface area contributed by atoms with Crippen LogP contribution in [0.3, 0.4) is 0 Å². The lowest BCUT2D eigenvalue weighted by atomic mass is 9.86. The highest BCUT2D eigenvalue weighted by Gasteiger charge is 2.42. The van der Waals surface area contributed by atoms with Crippen LogP contribution < -0.4 is 5.32 Å². The Morgan fingerprint density at radius 3 is 2.12 bits per heavy atom. The third kappa shape index (κ3) is 3.42. The molecule has 1 saturated heterocycles. The Kier molecular flexibility index (Phi) is 4.95. The summed E-state index contributed by atoms with van der Waals surface area (Å²) in [6.07, 6.45) is 1.66. The molecular formula is C13H26N2O2. The maximum Gasteiger partial charge on any atom is 0.326 e. The monoisotopic (exact) mass is 242 g/mol. The summed E-state index contributed by atoms with van der Waals surface area (Å²) in [4.78, 5) is 14.4. The Morgan fingerprint density at radius 1 is 1.24 bits per heavy atom. The van der Waals surface area contributed by atoms with Crippen molar-refractivity contribution < 1.29 is 9.53 Å². The van der Waals surface area contributed by atoms with E-state index in [4.69, 9.17) is 4.74 Å². The van der Waals surface area contributed by atoms with Gasteiger partial charge in [-0.3, -0.25) is 10.1 Å². The summed E-state index contributed by atoms with van der Waals surface area (Å²) in [6, 6.07) is 0.837. The van der Waals surface area contributed by atoms with Gasteiger partial charge in [-0.15, -0.1) is 0 Å².